The molecule has 2 N–H and O–H groups in total. The molecule has 10 heteroatoms. The molecule has 2 aliphatic heterocycles. The molecule has 0 aromatic rings. The van der Waals surface area contributed by atoms with Crippen LogP contribution >= 0.6 is 0 Å². The number of carboxylic acid groups (broad SMARTS) is 1. The number of carbonyl (C=O) groups is 2. The zero-order valence-electron chi connectivity index (χ0n) is 27.2. The van der Waals surface area contributed by atoms with Crippen molar-refractivity contribution in [2.45, 2.75) is 77.4 Å². The van der Waals surface area contributed by atoms with Gasteiger partial charge in [0, 0.05) is 38.5 Å². The molecule has 46 heavy (non-hydrogen) atoms. The Bertz CT molecular complexity index is 1200. The Kier molecular flexibility index (Phi) is 11.5. The largest absolute Gasteiger partial charge is 0.480 e. The van der Waals surface area contributed by atoms with Gasteiger partial charge in [-0.25, -0.2) is 4.39 Å². The Morgan fingerprint density at radius 2 is 1.76 bits per heavy atom. The molecule has 0 bridgehead atoms. The van der Waals surface area contributed by atoms with Crippen LogP contribution in [0.1, 0.15) is 65.2 Å². The molecule has 3 aliphatic carbocycles. The van der Waals surface area contributed by atoms with Gasteiger partial charge in [0.2, 0.25) is 5.91 Å². The molecular formula is C36H51F4N3O3. The zero-order chi connectivity index (χ0) is 33.0. The predicted molar refractivity (Wildman–Crippen MR) is 170 cm³/mol. The van der Waals surface area contributed by atoms with Crippen LogP contribution in [0.5, 0.6) is 0 Å². The minimum absolute atomic E-state index is 0.0264. The number of aliphatic carboxylic acids is 1. The van der Waals surface area contributed by atoms with Crippen molar-refractivity contribution in [1.29, 1.82) is 0 Å². The van der Waals surface area contributed by atoms with Gasteiger partial charge in [0.1, 0.15) is 11.9 Å². The minimum Gasteiger partial charge on any atom is -0.480 e. The normalized spacial score (nSPS) is 32.7. The average molecular weight is 650 g/mol. The highest BCUT2D eigenvalue weighted by atomic mass is 19.4. The minimum atomic E-state index is -4.27. The van der Waals surface area contributed by atoms with E-state index in [2.05, 4.69) is 21.2 Å². The second-order valence-corrected chi connectivity index (χ2v) is 14.6. The molecule has 6 nitrogen and oxygen atoms in total. The number of hydrogen-bond donors (Lipinski definition) is 2. The number of nitrogens with one attached hydrogen (secondary N) is 1. The summed E-state index contributed by atoms with van der Waals surface area (Å²) >= 11 is 0. The van der Waals surface area contributed by atoms with E-state index < -0.39 is 30.0 Å². The fourth-order valence-electron chi connectivity index (χ4n) is 8.85. The van der Waals surface area contributed by atoms with Crippen LogP contribution in [-0.2, 0) is 9.59 Å². The number of nitrogens with zero attached hydrogens (tertiary/aromatic N) is 2. The Morgan fingerprint density at radius 3 is 2.41 bits per heavy atom. The first kappa shape index (κ1) is 34.9. The Morgan fingerprint density at radius 1 is 1.04 bits per heavy atom. The number of amides is 1. The summed E-state index contributed by atoms with van der Waals surface area (Å²) in [5.41, 5.74) is 0.697. The molecule has 3 fully saturated rings. The summed E-state index contributed by atoms with van der Waals surface area (Å²) in [5.74, 6) is -2.50. The van der Waals surface area contributed by atoms with Crippen molar-refractivity contribution in [3.8, 4) is 0 Å². The van der Waals surface area contributed by atoms with Crippen LogP contribution < -0.4 is 5.32 Å². The predicted octanol–water partition coefficient (Wildman–Crippen LogP) is 6.77. The van der Waals surface area contributed by atoms with Gasteiger partial charge in [0.15, 0.2) is 0 Å². The molecule has 256 valence electrons. The van der Waals surface area contributed by atoms with Gasteiger partial charge in [-0.15, -0.1) is 0 Å². The van der Waals surface area contributed by atoms with Gasteiger partial charge in [-0.2, -0.15) is 13.2 Å². The lowest BCUT2D eigenvalue weighted by Gasteiger charge is -2.37. The van der Waals surface area contributed by atoms with Crippen LogP contribution in [-0.4, -0.2) is 78.3 Å². The number of likely N-dealkylation sites (tertiary alicyclic amines) is 2. The average Bonchev–Trinajstić information content (AvgIpc) is 3.40. The third kappa shape index (κ3) is 8.52. The summed E-state index contributed by atoms with van der Waals surface area (Å²) in [7, 11) is 0. The van der Waals surface area contributed by atoms with E-state index in [0.717, 1.165) is 58.2 Å². The first-order chi connectivity index (χ1) is 21.9. The molecule has 1 amide bonds. The third-order valence-corrected chi connectivity index (χ3v) is 11.5. The second kappa shape index (κ2) is 15.2. The molecule has 0 spiro atoms. The van der Waals surface area contributed by atoms with Crippen molar-refractivity contribution in [3.05, 3.63) is 47.9 Å². The SMILES string of the molecule is CC1C=C(CNC(=O)CC2CCN(C[C@H]3CN([C@@H](C(=O)O)C4CCCCC4)C[C@@H]3C3C=CC=C(F)C3C)CC2)C=CC1C(F)(F)F. The van der Waals surface area contributed by atoms with E-state index >= 15 is 0 Å². The van der Waals surface area contributed by atoms with E-state index in [1.165, 1.54) is 18.6 Å². The Hall–Kier alpha value is -2.46. The van der Waals surface area contributed by atoms with Crippen LogP contribution in [0.4, 0.5) is 17.6 Å². The lowest BCUT2D eigenvalue weighted by molar-refractivity contribution is -0.169. The highest BCUT2D eigenvalue weighted by Gasteiger charge is 2.46. The fraction of sp³-hybridized carbons (Fsp3) is 0.722. The summed E-state index contributed by atoms with van der Waals surface area (Å²) < 4.78 is 54.1. The monoisotopic (exact) mass is 649 g/mol. The lowest BCUT2D eigenvalue weighted by atomic mass is 9.74. The number of rotatable bonds is 10. The van der Waals surface area contributed by atoms with Gasteiger partial charge in [0.25, 0.3) is 0 Å². The molecular weight excluding hydrogens is 598 g/mol. The van der Waals surface area contributed by atoms with E-state index in [-0.39, 0.29) is 53.8 Å². The molecule has 5 aliphatic rings. The first-order valence-electron chi connectivity index (χ1n) is 17.4. The summed E-state index contributed by atoms with van der Waals surface area (Å²) in [6, 6.07) is -0.491. The topological polar surface area (TPSA) is 72.9 Å². The van der Waals surface area contributed by atoms with Gasteiger partial charge < -0.3 is 15.3 Å². The van der Waals surface area contributed by atoms with Crippen LogP contribution in [0.25, 0.3) is 0 Å². The standard InChI is InChI=1S/C36H51F4N3O3/c1-23-17-26(11-12-31(23)36(38,39)40)19-41-33(44)18-25-13-15-42(16-14-25)20-28-21-43(34(35(45)46)27-7-4-3-5-8-27)22-30(28)29-9-6-10-32(37)24(29)2/h6,9-12,17,23-25,27-31,34H,3-5,7-8,13-16,18-22H2,1-2H3,(H,41,44)(H,45,46)/t23?,24?,28-,29?,30-,31?,34+/m0/s1. The highest BCUT2D eigenvalue weighted by molar-refractivity contribution is 5.76. The molecule has 2 heterocycles. The second-order valence-electron chi connectivity index (χ2n) is 14.6. The molecule has 1 saturated carbocycles. The van der Waals surface area contributed by atoms with E-state index in [9.17, 15) is 32.3 Å². The van der Waals surface area contributed by atoms with E-state index in [1.54, 1.807) is 19.1 Å². The number of hydrogen-bond acceptors (Lipinski definition) is 4. The zero-order valence-corrected chi connectivity index (χ0v) is 27.2. The number of halogens is 4. The summed E-state index contributed by atoms with van der Waals surface area (Å²) in [6.45, 7) is 7.61. The van der Waals surface area contributed by atoms with Crippen molar-refractivity contribution in [3.63, 3.8) is 0 Å². The lowest BCUT2D eigenvalue weighted by Crippen LogP contribution is -2.46. The van der Waals surface area contributed by atoms with E-state index in [0.29, 0.717) is 25.1 Å². The molecule has 4 unspecified atom stereocenters. The maximum absolute atomic E-state index is 14.7. The van der Waals surface area contributed by atoms with Crippen molar-refractivity contribution < 1.29 is 32.3 Å². The number of alkyl halides is 3. The van der Waals surface area contributed by atoms with Gasteiger partial charge in [-0.1, -0.05) is 63.5 Å². The van der Waals surface area contributed by atoms with Crippen LogP contribution in [0, 0.1) is 47.3 Å². The van der Waals surface area contributed by atoms with Crippen molar-refractivity contribution in [1.82, 2.24) is 15.1 Å². The van der Waals surface area contributed by atoms with Gasteiger partial charge in [0.05, 0.1) is 5.92 Å². The van der Waals surface area contributed by atoms with E-state index in [4.69, 9.17) is 0 Å². The Labute approximate surface area is 271 Å². The van der Waals surface area contributed by atoms with Crippen LogP contribution in [0.15, 0.2) is 47.9 Å². The third-order valence-electron chi connectivity index (χ3n) is 11.5. The van der Waals surface area contributed by atoms with Crippen LogP contribution in [0.2, 0.25) is 0 Å². The molecule has 0 aromatic heterocycles. The number of allylic oxidation sites excluding steroid dienone is 6. The van der Waals surface area contributed by atoms with Gasteiger partial charge >= 0.3 is 12.1 Å². The van der Waals surface area contributed by atoms with Gasteiger partial charge in [-0.05, 0) is 85.9 Å². The fourth-order valence-corrected chi connectivity index (χ4v) is 8.85. The van der Waals surface area contributed by atoms with E-state index in [1.807, 2.05) is 13.0 Å². The Balaban J connectivity index is 1.14. The van der Waals surface area contributed by atoms with Crippen molar-refractivity contribution in [2.24, 2.45) is 47.3 Å². The molecule has 0 aromatic carbocycles. The first-order valence-corrected chi connectivity index (χ1v) is 17.4. The van der Waals surface area contributed by atoms with Gasteiger partial charge in [-0.3, -0.25) is 14.5 Å². The van der Waals surface area contributed by atoms with Crippen LogP contribution in [0.3, 0.4) is 0 Å². The number of carboxylic acids is 1. The molecule has 0 radical (unpaired) electrons. The number of carbonyl (C=O) groups excluding carboxylic acids is 1. The summed E-state index contributed by atoms with van der Waals surface area (Å²) in [4.78, 5) is 30.0. The summed E-state index contributed by atoms with van der Waals surface area (Å²) in [5, 5.41) is 13.2. The van der Waals surface area contributed by atoms with Crippen molar-refractivity contribution >= 4 is 11.9 Å². The maximum Gasteiger partial charge on any atom is 0.395 e. The quantitative estimate of drug-likeness (QED) is 0.256. The molecule has 7 atom stereocenters. The molecule has 5 rings (SSSR count). The van der Waals surface area contributed by atoms with Crippen molar-refractivity contribution in [2.75, 3.05) is 39.3 Å². The highest BCUT2D eigenvalue weighted by Crippen LogP contribution is 2.43. The summed E-state index contributed by atoms with van der Waals surface area (Å²) in [6.07, 6.45) is 12.8. The number of piperidine rings is 1. The molecule has 2 saturated heterocycles. The maximum atomic E-state index is 14.7. The smallest absolute Gasteiger partial charge is 0.395 e.